The summed E-state index contributed by atoms with van der Waals surface area (Å²) < 4.78 is 0. The van der Waals surface area contributed by atoms with E-state index in [1.165, 1.54) is 19.9 Å². The van der Waals surface area contributed by atoms with Crippen molar-refractivity contribution in [2.75, 3.05) is 5.43 Å². The Kier molecular flexibility index (Phi) is 4.67. The second-order valence-corrected chi connectivity index (χ2v) is 3.71. The van der Waals surface area contributed by atoms with Crippen LogP contribution < -0.4 is 5.43 Å². The van der Waals surface area contributed by atoms with Crippen molar-refractivity contribution in [3.05, 3.63) is 38.4 Å². The lowest BCUT2D eigenvalue weighted by Gasteiger charge is -2.03. The Balaban J connectivity index is 3.13. The van der Waals surface area contributed by atoms with Crippen molar-refractivity contribution in [1.29, 1.82) is 0 Å². The van der Waals surface area contributed by atoms with Gasteiger partial charge in [0.25, 0.3) is 5.69 Å². The molecule has 0 amide bonds. The topological polar surface area (TPSA) is 143 Å². The van der Waals surface area contributed by atoms with Crippen LogP contribution in [-0.4, -0.2) is 26.5 Å². The first-order chi connectivity index (χ1) is 9.36. The van der Waals surface area contributed by atoms with Crippen molar-refractivity contribution in [2.45, 2.75) is 13.8 Å². The molecule has 10 heteroatoms. The fourth-order valence-electron chi connectivity index (χ4n) is 1.18. The molecule has 0 bridgehead atoms. The number of hydrogen-bond acceptors (Lipinski definition) is 8. The number of nitro groups is 2. The van der Waals surface area contributed by atoms with E-state index in [2.05, 4.69) is 15.7 Å². The van der Waals surface area contributed by atoms with Crippen molar-refractivity contribution in [3.8, 4) is 0 Å². The molecule has 0 saturated carbocycles. The smallest absolute Gasteiger partial charge is 0.301 e. The number of benzene rings is 1. The Hall–Kier alpha value is -3.04. The van der Waals surface area contributed by atoms with Gasteiger partial charge < -0.3 is 5.21 Å². The number of nitro benzene ring substituents is 2. The van der Waals surface area contributed by atoms with Gasteiger partial charge in [-0.1, -0.05) is 5.16 Å². The molecular weight excluding hydrogens is 270 g/mol. The van der Waals surface area contributed by atoms with Gasteiger partial charge in [0.15, 0.2) is 0 Å². The van der Waals surface area contributed by atoms with Crippen LogP contribution >= 0.6 is 0 Å². The van der Waals surface area contributed by atoms with Crippen LogP contribution in [0.2, 0.25) is 0 Å². The van der Waals surface area contributed by atoms with Gasteiger partial charge in [0.2, 0.25) is 0 Å². The van der Waals surface area contributed by atoms with E-state index in [0.29, 0.717) is 5.71 Å². The van der Waals surface area contributed by atoms with E-state index in [1.54, 1.807) is 0 Å². The molecule has 20 heavy (non-hydrogen) atoms. The molecule has 106 valence electrons. The van der Waals surface area contributed by atoms with Crippen LogP contribution in [0.15, 0.2) is 28.5 Å². The average molecular weight is 281 g/mol. The Morgan fingerprint density at radius 3 is 2.35 bits per heavy atom. The molecule has 0 unspecified atom stereocenters. The maximum absolute atomic E-state index is 10.9. The highest BCUT2D eigenvalue weighted by atomic mass is 16.6. The number of hydrogen-bond donors (Lipinski definition) is 2. The van der Waals surface area contributed by atoms with Crippen LogP contribution in [0.5, 0.6) is 0 Å². The minimum Gasteiger partial charge on any atom is -0.411 e. The van der Waals surface area contributed by atoms with Crippen LogP contribution in [0, 0.1) is 20.2 Å². The summed E-state index contributed by atoms with van der Waals surface area (Å²) in [5.74, 6) is 0. The van der Waals surface area contributed by atoms with Crippen LogP contribution in [0.1, 0.15) is 13.8 Å². The molecule has 0 atom stereocenters. The third-order valence-corrected chi connectivity index (χ3v) is 2.41. The number of nitrogens with one attached hydrogen (secondary N) is 1. The molecular formula is C10H11N5O5. The Bertz CT molecular complexity index is 610. The Morgan fingerprint density at radius 1 is 1.20 bits per heavy atom. The zero-order valence-corrected chi connectivity index (χ0v) is 10.6. The van der Waals surface area contributed by atoms with Crippen LogP contribution in [0.4, 0.5) is 17.1 Å². The number of hydrazone groups is 1. The lowest BCUT2D eigenvalue weighted by Crippen LogP contribution is -2.08. The lowest BCUT2D eigenvalue weighted by atomic mass is 10.2. The fourth-order valence-corrected chi connectivity index (χ4v) is 1.18. The average Bonchev–Trinajstić information content (AvgIpc) is 2.43. The van der Waals surface area contributed by atoms with Crippen molar-refractivity contribution in [1.82, 2.24) is 0 Å². The predicted molar refractivity (Wildman–Crippen MR) is 71.4 cm³/mol. The molecule has 10 nitrogen and oxygen atoms in total. The molecule has 0 aromatic heterocycles. The fraction of sp³-hybridized carbons (Fsp3) is 0.200. The predicted octanol–water partition coefficient (Wildman–Crippen LogP) is 2.14. The first-order valence-electron chi connectivity index (χ1n) is 5.29. The zero-order valence-electron chi connectivity index (χ0n) is 10.6. The Labute approximate surface area is 112 Å². The van der Waals surface area contributed by atoms with Gasteiger partial charge in [-0.25, -0.2) is 0 Å². The molecule has 0 heterocycles. The highest BCUT2D eigenvalue weighted by Gasteiger charge is 2.19. The molecule has 1 aromatic rings. The van der Waals surface area contributed by atoms with Crippen LogP contribution in [0.25, 0.3) is 0 Å². The van der Waals surface area contributed by atoms with Gasteiger partial charge in [0.1, 0.15) is 5.69 Å². The van der Waals surface area contributed by atoms with Gasteiger partial charge in [-0.2, -0.15) is 5.10 Å². The normalized spacial score (nSPS) is 12.1. The molecule has 0 spiro atoms. The quantitative estimate of drug-likeness (QED) is 0.366. The molecule has 0 aliphatic rings. The SMILES string of the molecule is CC(=NO)C(C)=NNc1ccc([N+](=O)[O-])cc1[N+](=O)[O-]. The molecule has 0 saturated heterocycles. The summed E-state index contributed by atoms with van der Waals surface area (Å²) in [5, 5.41) is 36.7. The number of nitrogens with zero attached hydrogens (tertiary/aromatic N) is 4. The van der Waals surface area contributed by atoms with Crippen molar-refractivity contribution >= 4 is 28.5 Å². The molecule has 1 rings (SSSR count). The van der Waals surface area contributed by atoms with E-state index in [4.69, 9.17) is 5.21 Å². The van der Waals surface area contributed by atoms with Crippen LogP contribution in [-0.2, 0) is 0 Å². The van der Waals surface area contributed by atoms with Gasteiger partial charge in [-0.05, 0) is 19.9 Å². The summed E-state index contributed by atoms with van der Waals surface area (Å²) in [6.45, 7) is 3.02. The van der Waals surface area contributed by atoms with Gasteiger partial charge >= 0.3 is 5.69 Å². The van der Waals surface area contributed by atoms with Crippen molar-refractivity contribution in [3.63, 3.8) is 0 Å². The molecule has 2 N–H and O–H groups in total. The van der Waals surface area contributed by atoms with Gasteiger partial charge in [-0.15, -0.1) is 0 Å². The summed E-state index contributed by atoms with van der Waals surface area (Å²) >= 11 is 0. The summed E-state index contributed by atoms with van der Waals surface area (Å²) in [6.07, 6.45) is 0. The monoisotopic (exact) mass is 281 g/mol. The second kappa shape index (κ2) is 6.22. The molecule has 1 aromatic carbocycles. The molecule has 0 aliphatic heterocycles. The number of non-ortho nitro benzene ring substituents is 1. The highest BCUT2D eigenvalue weighted by molar-refractivity contribution is 6.40. The van der Waals surface area contributed by atoms with E-state index in [1.807, 2.05) is 0 Å². The molecule has 0 fully saturated rings. The first-order valence-corrected chi connectivity index (χ1v) is 5.29. The third kappa shape index (κ3) is 3.48. The van der Waals surface area contributed by atoms with Crippen LogP contribution in [0.3, 0.4) is 0 Å². The summed E-state index contributed by atoms with van der Waals surface area (Å²) in [6, 6.07) is 3.13. The number of rotatable bonds is 5. The standard InChI is InChI=1S/C10H11N5O5/c1-6(7(2)13-16)11-12-9-4-3-8(14(17)18)5-10(9)15(19)20/h3-5,12,16H,1-2H3. The van der Waals surface area contributed by atoms with Crippen molar-refractivity contribution in [2.24, 2.45) is 10.3 Å². The highest BCUT2D eigenvalue weighted by Crippen LogP contribution is 2.28. The third-order valence-electron chi connectivity index (χ3n) is 2.41. The minimum atomic E-state index is -0.757. The zero-order chi connectivity index (χ0) is 15.3. The second-order valence-electron chi connectivity index (χ2n) is 3.71. The number of anilines is 1. The lowest BCUT2D eigenvalue weighted by molar-refractivity contribution is -0.393. The molecule has 0 radical (unpaired) electrons. The van der Waals surface area contributed by atoms with Gasteiger partial charge in [0.05, 0.1) is 27.3 Å². The van der Waals surface area contributed by atoms with E-state index >= 15 is 0 Å². The molecule has 0 aliphatic carbocycles. The Morgan fingerprint density at radius 2 is 1.85 bits per heavy atom. The minimum absolute atomic E-state index is 0.00862. The van der Waals surface area contributed by atoms with Crippen molar-refractivity contribution < 1.29 is 15.1 Å². The summed E-state index contributed by atoms with van der Waals surface area (Å²) in [5.41, 5.74) is 2.06. The number of oxime groups is 1. The largest absolute Gasteiger partial charge is 0.411 e. The van der Waals surface area contributed by atoms with Gasteiger partial charge in [0, 0.05) is 6.07 Å². The maximum Gasteiger partial charge on any atom is 0.301 e. The summed E-state index contributed by atoms with van der Waals surface area (Å²) in [4.78, 5) is 19.9. The van der Waals surface area contributed by atoms with Gasteiger partial charge in [-0.3, -0.25) is 25.7 Å². The van der Waals surface area contributed by atoms with E-state index in [0.717, 1.165) is 12.1 Å². The van der Waals surface area contributed by atoms with E-state index in [9.17, 15) is 20.2 Å². The maximum atomic E-state index is 10.9. The van der Waals surface area contributed by atoms with E-state index in [-0.39, 0.29) is 11.4 Å². The first kappa shape index (κ1) is 15.0. The van der Waals surface area contributed by atoms with E-state index < -0.39 is 21.2 Å². The summed E-state index contributed by atoms with van der Waals surface area (Å²) in [7, 11) is 0.